The van der Waals surface area contributed by atoms with Gasteiger partial charge in [-0.25, -0.2) is 9.37 Å². The molecule has 0 saturated heterocycles. The van der Waals surface area contributed by atoms with Gasteiger partial charge in [-0.3, -0.25) is 20.4 Å². The van der Waals surface area contributed by atoms with Crippen molar-refractivity contribution >= 4 is 23.2 Å². The van der Waals surface area contributed by atoms with E-state index in [1.807, 2.05) is 0 Å². The van der Waals surface area contributed by atoms with Crippen LogP contribution in [0.3, 0.4) is 0 Å². The Hall–Kier alpha value is -2.28. The fourth-order valence-electron chi connectivity index (χ4n) is 2.99. The second-order valence-corrected chi connectivity index (χ2v) is 7.14. The molecule has 25 heavy (non-hydrogen) atoms. The second kappa shape index (κ2) is 8.20. The number of amides is 2. The molecule has 132 valence electrons. The number of rotatable bonds is 5. The average Bonchev–Trinajstić information content (AvgIpc) is 3.26. The first kappa shape index (κ1) is 17.5. The van der Waals surface area contributed by atoms with Crippen molar-refractivity contribution < 1.29 is 14.0 Å². The molecular formula is C18H20FN3O2S. The van der Waals surface area contributed by atoms with Crippen LogP contribution in [-0.4, -0.2) is 16.8 Å². The first-order valence-corrected chi connectivity index (χ1v) is 9.26. The molecule has 0 radical (unpaired) electrons. The van der Waals surface area contributed by atoms with Crippen molar-refractivity contribution in [2.75, 3.05) is 0 Å². The van der Waals surface area contributed by atoms with Crippen molar-refractivity contribution in [3.8, 4) is 10.6 Å². The molecule has 3 rings (SSSR count). The monoisotopic (exact) mass is 361 g/mol. The summed E-state index contributed by atoms with van der Waals surface area (Å²) in [6.45, 7) is 0. The summed E-state index contributed by atoms with van der Waals surface area (Å²) in [7, 11) is 0. The number of carbonyl (C=O) groups excluding carboxylic acids is 2. The molecule has 2 aromatic rings. The summed E-state index contributed by atoms with van der Waals surface area (Å²) in [5, 5.41) is 2.52. The molecule has 0 spiro atoms. The minimum absolute atomic E-state index is 0.0847. The lowest BCUT2D eigenvalue weighted by molar-refractivity contribution is -0.129. The summed E-state index contributed by atoms with van der Waals surface area (Å²) in [5.41, 5.74) is 6.33. The van der Waals surface area contributed by atoms with Crippen molar-refractivity contribution in [1.29, 1.82) is 0 Å². The zero-order valence-electron chi connectivity index (χ0n) is 13.8. The van der Waals surface area contributed by atoms with Crippen molar-refractivity contribution in [1.82, 2.24) is 15.8 Å². The number of hydrogen-bond donors (Lipinski definition) is 2. The molecule has 0 bridgehead atoms. The zero-order valence-corrected chi connectivity index (χ0v) is 14.6. The molecule has 1 aliphatic carbocycles. The van der Waals surface area contributed by atoms with Gasteiger partial charge in [-0.1, -0.05) is 12.8 Å². The van der Waals surface area contributed by atoms with Gasteiger partial charge < -0.3 is 0 Å². The van der Waals surface area contributed by atoms with Gasteiger partial charge in [-0.15, -0.1) is 11.3 Å². The number of hydrogen-bond acceptors (Lipinski definition) is 4. The maximum atomic E-state index is 13.0. The topological polar surface area (TPSA) is 71.1 Å². The van der Waals surface area contributed by atoms with E-state index in [0.717, 1.165) is 23.4 Å². The van der Waals surface area contributed by atoms with Crippen LogP contribution >= 0.6 is 11.3 Å². The Bertz CT molecular complexity index is 739. The molecule has 5 nitrogen and oxygen atoms in total. The third kappa shape index (κ3) is 5.09. The molecule has 2 N–H and O–H groups in total. The molecule has 2 amide bonds. The fourth-order valence-corrected chi connectivity index (χ4v) is 3.81. The summed E-state index contributed by atoms with van der Waals surface area (Å²) in [6.07, 6.45) is 5.10. The van der Waals surface area contributed by atoms with Gasteiger partial charge in [0.1, 0.15) is 10.8 Å². The standard InChI is InChI=1S/C18H20FN3O2S/c19-14-7-5-13(6-8-14)18-20-15(11-25-18)10-17(24)22-21-16(23)9-12-3-1-2-4-12/h5-8,11-12H,1-4,9-10H2,(H,21,23)(H,22,24). The molecule has 1 heterocycles. The lowest BCUT2D eigenvalue weighted by Crippen LogP contribution is -2.42. The summed E-state index contributed by atoms with van der Waals surface area (Å²) in [4.78, 5) is 28.1. The highest BCUT2D eigenvalue weighted by atomic mass is 32.1. The van der Waals surface area contributed by atoms with Crippen molar-refractivity contribution in [3.05, 3.63) is 41.2 Å². The molecule has 7 heteroatoms. The minimum Gasteiger partial charge on any atom is -0.273 e. The number of nitrogens with zero attached hydrogens (tertiary/aromatic N) is 1. The van der Waals surface area contributed by atoms with E-state index >= 15 is 0 Å². The zero-order chi connectivity index (χ0) is 17.6. The highest BCUT2D eigenvalue weighted by Crippen LogP contribution is 2.27. The van der Waals surface area contributed by atoms with Crippen LogP contribution in [0.25, 0.3) is 10.6 Å². The number of carbonyl (C=O) groups is 2. The van der Waals surface area contributed by atoms with Crippen LogP contribution in [0, 0.1) is 11.7 Å². The van der Waals surface area contributed by atoms with E-state index in [9.17, 15) is 14.0 Å². The van der Waals surface area contributed by atoms with Gasteiger partial charge in [0, 0.05) is 17.4 Å². The van der Waals surface area contributed by atoms with E-state index in [1.165, 1.54) is 36.3 Å². The molecular weight excluding hydrogens is 341 g/mol. The van der Waals surface area contributed by atoms with E-state index in [2.05, 4.69) is 15.8 Å². The van der Waals surface area contributed by atoms with Crippen molar-refractivity contribution in [3.63, 3.8) is 0 Å². The van der Waals surface area contributed by atoms with Crippen LogP contribution in [0.5, 0.6) is 0 Å². The van der Waals surface area contributed by atoms with Crippen LogP contribution in [0.15, 0.2) is 29.6 Å². The lowest BCUT2D eigenvalue weighted by Gasteiger charge is -2.10. The smallest absolute Gasteiger partial charge is 0.244 e. The normalized spacial score (nSPS) is 14.4. The molecule has 0 atom stereocenters. The first-order chi connectivity index (χ1) is 12.1. The molecule has 0 aliphatic heterocycles. The highest BCUT2D eigenvalue weighted by Gasteiger charge is 2.18. The molecule has 1 aliphatic rings. The predicted octanol–water partition coefficient (Wildman–Crippen LogP) is 3.22. The summed E-state index contributed by atoms with van der Waals surface area (Å²) < 4.78 is 13.0. The van der Waals surface area contributed by atoms with Gasteiger partial charge in [-0.2, -0.15) is 0 Å². The Kier molecular flexibility index (Phi) is 5.75. The molecule has 0 unspecified atom stereocenters. The minimum atomic E-state index is -0.310. The van der Waals surface area contributed by atoms with Gasteiger partial charge >= 0.3 is 0 Å². The summed E-state index contributed by atoms with van der Waals surface area (Å²) in [5.74, 6) is -0.316. The molecule has 1 fully saturated rings. The number of halogens is 1. The first-order valence-electron chi connectivity index (χ1n) is 8.38. The number of hydrazine groups is 1. The molecule has 1 saturated carbocycles. The summed E-state index contributed by atoms with van der Waals surface area (Å²) >= 11 is 1.40. The number of thiazole rings is 1. The van der Waals surface area contributed by atoms with Crippen molar-refractivity contribution in [2.45, 2.75) is 38.5 Å². The van der Waals surface area contributed by atoms with Gasteiger partial charge in [0.2, 0.25) is 11.8 Å². The highest BCUT2D eigenvalue weighted by molar-refractivity contribution is 7.13. The maximum absolute atomic E-state index is 13.0. The number of benzene rings is 1. The third-order valence-corrected chi connectivity index (χ3v) is 5.21. The van der Waals surface area contributed by atoms with E-state index in [4.69, 9.17) is 0 Å². The van der Waals surface area contributed by atoms with E-state index < -0.39 is 0 Å². The fraction of sp³-hybridized carbons (Fsp3) is 0.389. The van der Waals surface area contributed by atoms with E-state index in [-0.39, 0.29) is 24.1 Å². The Morgan fingerprint density at radius 1 is 1.12 bits per heavy atom. The number of aromatic nitrogens is 1. The van der Waals surface area contributed by atoms with Crippen LogP contribution in [0.4, 0.5) is 4.39 Å². The SMILES string of the molecule is O=C(Cc1csc(-c2ccc(F)cc2)n1)NNC(=O)CC1CCCC1. The van der Waals surface area contributed by atoms with Crippen LogP contribution < -0.4 is 10.9 Å². The van der Waals surface area contributed by atoms with Gasteiger partial charge in [0.25, 0.3) is 0 Å². The Morgan fingerprint density at radius 2 is 1.80 bits per heavy atom. The number of nitrogens with one attached hydrogen (secondary N) is 2. The predicted molar refractivity (Wildman–Crippen MR) is 94.1 cm³/mol. The van der Waals surface area contributed by atoms with Crippen LogP contribution in [0.1, 0.15) is 37.8 Å². The van der Waals surface area contributed by atoms with Gasteiger partial charge in [0.15, 0.2) is 0 Å². The van der Waals surface area contributed by atoms with E-state index in [1.54, 1.807) is 17.5 Å². The Balaban J connectivity index is 1.46. The van der Waals surface area contributed by atoms with Crippen LogP contribution in [0.2, 0.25) is 0 Å². The molecule has 1 aromatic carbocycles. The largest absolute Gasteiger partial charge is 0.273 e. The lowest BCUT2D eigenvalue weighted by atomic mass is 10.0. The molecule has 1 aromatic heterocycles. The van der Waals surface area contributed by atoms with Crippen molar-refractivity contribution in [2.24, 2.45) is 5.92 Å². The van der Waals surface area contributed by atoms with Crippen LogP contribution in [-0.2, 0) is 16.0 Å². The second-order valence-electron chi connectivity index (χ2n) is 6.28. The van der Waals surface area contributed by atoms with E-state index in [0.29, 0.717) is 18.0 Å². The van der Waals surface area contributed by atoms with Gasteiger partial charge in [-0.05, 0) is 43.0 Å². The quantitative estimate of drug-likeness (QED) is 0.803. The maximum Gasteiger partial charge on any atom is 0.244 e. The summed E-state index contributed by atoms with van der Waals surface area (Å²) in [6, 6.07) is 6.06. The Morgan fingerprint density at radius 3 is 2.52 bits per heavy atom. The third-order valence-electron chi connectivity index (χ3n) is 4.27. The van der Waals surface area contributed by atoms with Gasteiger partial charge in [0.05, 0.1) is 12.1 Å². The average molecular weight is 361 g/mol. The Labute approximate surface area is 149 Å².